The molecule has 106 valence electrons. The number of rotatable bonds is 2. The Kier molecular flexibility index (Phi) is 3.17. The summed E-state index contributed by atoms with van der Waals surface area (Å²) in [5, 5.41) is 1.11. The van der Waals surface area contributed by atoms with Crippen LogP contribution in [0.5, 0.6) is 0 Å². The van der Waals surface area contributed by atoms with Crippen LogP contribution in [0.1, 0.15) is 53.5 Å². The van der Waals surface area contributed by atoms with Crippen LogP contribution in [0, 0.1) is 13.8 Å². The van der Waals surface area contributed by atoms with E-state index in [1.165, 1.54) is 12.8 Å². The number of primary amides is 1. The van der Waals surface area contributed by atoms with Gasteiger partial charge in [-0.15, -0.1) is 0 Å². The van der Waals surface area contributed by atoms with E-state index in [2.05, 4.69) is 9.97 Å². The summed E-state index contributed by atoms with van der Waals surface area (Å²) in [6, 6.07) is 0.277. The van der Waals surface area contributed by atoms with E-state index in [1.807, 2.05) is 18.4 Å². The number of carbonyl (C=O) groups is 1. The summed E-state index contributed by atoms with van der Waals surface area (Å²) in [6.45, 7) is 3.78. The fraction of sp³-hybridized carbons (Fsp3) is 0.500. The van der Waals surface area contributed by atoms with E-state index < -0.39 is 5.91 Å². The van der Waals surface area contributed by atoms with Gasteiger partial charge in [0, 0.05) is 11.4 Å². The van der Waals surface area contributed by atoms with E-state index in [4.69, 9.17) is 17.3 Å². The van der Waals surface area contributed by atoms with Gasteiger partial charge in [-0.1, -0.05) is 12.8 Å². The minimum absolute atomic E-state index is 0.211. The molecular formula is C14H17ClN4O. The van der Waals surface area contributed by atoms with Gasteiger partial charge in [0.25, 0.3) is 5.91 Å². The summed E-state index contributed by atoms with van der Waals surface area (Å²) in [4.78, 5) is 20.4. The van der Waals surface area contributed by atoms with Crippen molar-refractivity contribution in [2.75, 3.05) is 0 Å². The lowest BCUT2D eigenvalue weighted by atomic mass is 10.1. The Balaban J connectivity index is 2.39. The highest BCUT2D eigenvalue weighted by molar-refractivity contribution is 6.28. The van der Waals surface area contributed by atoms with Crippen molar-refractivity contribution in [3.05, 3.63) is 22.2 Å². The molecule has 0 spiro atoms. The van der Waals surface area contributed by atoms with Crippen molar-refractivity contribution in [3.8, 4) is 0 Å². The van der Waals surface area contributed by atoms with E-state index in [-0.39, 0.29) is 11.3 Å². The lowest BCUT2D eigenvalue weighted by Gasteiger charge is -2.16. The quantitative estimate of drug-likeness (QED) is 0.865. The smallest absolute Gasteiger partial charge is 0.265 e. The number of aryl methyl sites for hydroxylation is 2. The third kappa shape index (κ3) is 1.88. The van der Waals surface area contributed by atoms with Crippen LogP contribution in [0.3, 0.4) is 0 Å². The number of halogens is 1. The summed E-state index contributed by atoms with van der Waals surface area (Å²) >= 11 is 5.99. The summed E-state index contributed by atoms with van der Waals surface area (Å²) < 4.78 is 1.99. The molecule has 1 saturated carbocycles. The molecule has 1 aliphatic carbocycles. The first kappa shape index (κ1) is 13.4. The molecule has 0 aromatic carbocycles. The van der Waals surface area contributed by atoms with E-state index in [0.29, 0.717) is 5.69 Å². The largest absolute Gasteiger partial charge is 0.364 e. The second-order valence-corrected chi connectivity index (χ2v) is 5.76. The maximum atomic E-state index is 11.9. The van der Waals surface area contributed by atoms with Crippen molar-refractivity contribution in [2.45, 2.75) is 45.6 Å². The van der Waals surface area contributed by atoms with Crippen LogP contribution < -0.4 is 5.73 Å². The predicted octanol–water partition coefficient (Wildman–Crippen LogP) is 2.92. The maximum Gasteiger partial charge on any atom is 0.265 e. The predicted molar refractivity (Wildman–Crippen MR) is 78.0 cm³/mol. The molecule has 0 saturated heterocycles. The molecule has 6 heteroatoms. The molecular weight excluding hydrogens is 276 g/mol. The van der Waals surface area contributed by atoms with Crippen molar-refractivity contribution in [3.63, 3.8) is 0 Å². The monoisotopic (exact) mass is 292 g/mol. The minimum atomic E-state index is -0.414. The van der Waals surface area contributed by atoms with Gasteiger partial charge in [-0.2, -0.15) is 4.98 Å². The maximum absolute atomic E-state index is 11.9. The van der Waals surface area contributed by atoms with E-state index in [9.17, 15) is 4.79 Å². The molecule has 1 amide bonds. The Morgan fingerprint density at radius 2 is 1.95 bits per heavy atom. The Bertz CT molecular complexity index is 701. The highest BCUT2D eigenvalue weighted by Gasteiger charge is 2.28. The fourth-order valence-corrected chi connectivity index (χ4v) is 3.57. The van der Waals surface area contributed by atoms with Gasteiger partial charge in [-0.25, -0.2) is 4.98 Å². The van der Waals surface area contributed by atoms with E-state index in [0.717, 1.165) is 35.1 Å². The van der Waals surface area contributed by atoms with Crippen LogP contribution in [0.4, 0.5) is 0 Å². The number of hydrogen-bond donors (Lipinski definition) is 1. The van der Waals surface area contributed by atoms with Gasteiger partial charge in [0.15, 0.2) is 0 Å². The van der Waals surface area contributed by atoms with Crippen LogP contribution >= 0.6 is 11.6 Å². The second-order valence-electron chi connectivity index (χ2n) is 5.42. The average Bonchev–Trinajstić information content (AvgIpc) is 2.94. The normalized spacial score (nSPS) is 16.1. The van der Waals surface area contributed by atoms with Gasteiger partial charge in [0.2, 0.25) is 5.28 Å². The van der Waals surface area contributed by atoms with Crippen molar-refractivity contribution >= 4 is 28.5 Å². The highest BCUT2D eigenvalue weighted by atomic mass is 35.5. The molecule has 2 aromatic heterocycles. The fourth-order valence-electron chi connectivity index (χ4n) is 3.36. The lowest BCUT2D eigenvalue weighted by molar-refractivity contribution is 0.0989. The number of amides is 1. The van der Waals surface area contributed by atoms with Gasteiger partial charge < -0.3 is 10.3 Å². The zero-order chi connectivity index (χ0) is 14.4. The first-order valence-electron chi connectivity index (χ1n) is 6.85. The van der Waals surface area contributed by atoms with Crippen LogP contribution in [-0.4, -0.2) is 20.4 Å². The van der Waals surface area contributed by atoms with Gasteiger partial charge in [0.05, 0.1) is 5.69 Å². The lowest BCUT2D eigenvalue weighted by Crippen LogP contribution is -2.20. The Morgan fingerprint density at radius 1 is 1.30 bits per heavy atom. The second kappa shape index (κ2) is 4.74. The summed E-state index contributed by atoms with van der Waals surface area (Å²) in [7, 11) is 0. The number of fused-ring (bicyclic) bond motifs is 1. The van der Waals surface area contributed by atoms with Crippen molar-refractivity contribution in [1.29, 1.82) is 0 Å². The Labute approximate surface area is 122 Å². The standard InChI is InChI=1S/C14H17ClN4O/c1-7-10-8(2)17-14(15)18-13(10)19(11(7)12(16)20)9-5-3-4-6-9/h9H,3-6H2,1-2H3,(H2,16,20). The molecule has 0 bridgehead atoms. The van der Waals surface area contributed by atoms with Crippen LogP contribution in [-0.2, 0) is 0 Å². The number of aromatic nitrogens is 3. The molecule has 20 heavy (non-hydrogen) atoms. The van der Waals surface area contributed by atoms with Crippen LogP contribution in [0.25, 0.3) is 11.0 Å². The minimum Gasteiger partial charge on any atom is -0.364 e. The highest BCUT2D eigenvalue weighted by Crippen LogP contribution is 2.37. The molecule has 1 fully saturated rings. The van der Waals surface area contributed by atoms with E-state index in [1.54, 1.807) is 0 Å². The molecule has 3 rings (SSSR count). The molecule has 0 unspecified atom stereocenters. The number of nitrogens with two attached hydrogens (primary N) is 1. The number of carbonyl (C=O) groups excluding carboxylic acids is 1. The molecule has 2 aromatic rings. The molecule has 0 radical (unpaired) electrons. The van der Waals surface area contributed by atoms with Crippen molar-refractivity contribution in [2.24, 2.45) is 5.73 Å². The summed E-state index contributed by atoms with van der Waals surface area (Å²) in [5.74, 6) is -0.414. The van der Waals surface area contributed by atoms with Crippen LogP contribution in [0.15, 0.2) is 0 Å². The third-order valence-corrected chi connectivity index (χ3v) is 4.34. The number of hydrogen-bond acceptors (Lipinski definition) is 3. The zero-order valence-electron chi connectivity index (χ0n) is 11.6. The van der Waals surface area contributed by atoms with Gasteiger partial charge in [-0.05, 0) is 43.9 Å². The molecule has 2 N–H and O–H groups in total. The van der Waals surface area contributed by atoms with Gasteiger partial charge in [-0.3, -0.25) is 4.79 Å². The zero-order valence-corrected chi connectivity index (χ0v) is 12.4. The average molecular weight is 293 g/mol. The van der Waals surface area contributed by atoms with Crippen molar-refractivity contribution in [1.82, 2.24) is 14.5 Å². The summed E-state index contributed by atoms with van der Waals surface area (Å²) in [5.41, 5.74) is 8.52. The SMILES string of the molecule is Cc1nc(Cl)nc2c1c(C)c(C(N)=O)n2C1CCCC1. The Morgan fingerprint density at radius 3 is 2.55 bits per heavy atom. The van der Waals surface area contributed by atoms with Gasteiger partial charge in [0.1, 0.15) is 11.3 Å². The van der Waals surface area contributed by atoms with Crippen molar-refractivity contribution < 1.29 is 4.79 Å². The van der Waals surface area contributed by atoms with Crippen LogP contribution in [0.2, 0.25) is 5.28 Å². The molecule has 0 atom stereocenters. The van der Waals surface area contributed by atoms with E-state index >= 15 is 0 Å². The molecule has 2 heterocycles. The Hall–Kier alpha value is -1.62. The number of nitrogens with zero attached hydrogens (tertiary/aromatic N) is 3. The molecule has 0 aliphatic heterocycles. The first-order valence-corrected chi connectivity index (χ1v) is 7.23. The van der Waals surface area contributed by atoms with Gasteiger partial charge >= 0.3 is 0 Å². The third-order valence-electron chi connectivity index (χ3n) is 4.17. The first-order chi connectivity index (χ1) is 9.50. The summed E-state index contributed by atoms with van der Waals surface area (Å²) in [6.07, 6.45) is 4.42. The molecule has 1 aliphatic rings. The molecule has 5 nitrogen and oxygen atoms in total. The topological polar surface area (TPSA) is 73.8 Å².